The first-order valence-electron chi connectivity index (χ1n) is 5.06. The van der Waals surface area contributed by atoms with Crippen LogP contribution in [-0.2, 0) is 16.4 Å². The standard InChI is InChI=1S/C10H16ClNO2S2/c1-4-9-5-6-10(15-9)16(13,14)12(3)8(2)7-11/h5-6,8H,4,7H2,1-3H3. The highest BCUT2D eigenvalue weighted by Gasteiger charge is 2.26. The van der Waals surface area contributed by atoms with Gasteiger partial charge in [0.2, 0.25) is 0 Å². The summed E-state index contributed by atoms with van der Waals surface area (Å²) < 4.78 is 26.0. The van der Waals surface area contributed by atoms with E-state index in [0.717, 1.165) is 11.3 Å². The molecule has 1 rings (SSSR count). The second kappa shape index (κ2) is 5.49. The molecular weight excluding hydrogens is 266 g/mol. The number of thiophene rings is 1. The van der Waals surface area contributed by atoms with E-state index < -0.39 is 10.0 Å². The van der Waals surface area contributed by atoms with E-state index in [4.69, 9.17) is 11.6 Å². The molecule has 6 heteroatoms. The van der Waals surface area contributed by atoms with Crippen molar-refractivity contribution in [3.8, 4) is 0 Å². The van der Waals surface area contributed by atoms with Crippen LogP contribution in [0, 0.1) is 0 Å². The fourth-order valence-corrected chi connectivity index (χ4v) is 4.29. The average Bonchev–Trinajstić information content (AvgIpc) is 2.75. The number of halogens is 1. The summed E-state index contributed by atoms with van der Waals surface area (Å²) in [6.07, 6.45) is 0.856. The van der Waals surface area contributed by atoms with E-state index in [2.05, 4.69) is 0 Å². The van der Waals surface area contributed by atoms with Crippen molar-refractivity contribution in [2.24, 2.45) is 0 Å². The molecule has 0 spiro atoms. The number of alkyl halides is 1. The Balaban J connectivity index is 3.01. The number of hydrogen-bond donors (Lipinski definition) is 0. The summed E-state index contributed by atoms with van der Waals surface area (Å²) in [4.78, 5) is 1.07. The van der Waals surface area contributed by atoms with Crippen LogP contribution in [0.15, 0.2) is 16.3 Å². The third kappa shape index (κ3) is 2.77. The van der Waals surface area contributed by atoms with Gasteiger partial charge in [0, 0.05) is 23.8 Å². The summed E-state index contributed by atoms with van der Waals surface area (Å²) in [6.45, 7) is 3.80. The second-order valence-corrected chi connectivity index (χ2v) is 7.30. The third-order valence-corrected chi connectivity index (χ3v) is 6.58. The predicted molar refractivity (Wildman–Crippen MR) is 68.8 cm³/mol. The lowest BCUT2D eigenvalue weighted by atomic mass is 10.4. The highest BCUT2D eigenvalue weighted by molar-refractivity contribution is 7.91. The molecule has 0 fully saturated rings. The first-order valence-corrected chi connectivity index (χ1v) is 7.85. The number of nitrogens with zero attached hydrogens (tertiary/aromatic N) is 1. The van der Waals surface area contributed by atoms with Gasteiger partial charge < -0.3 is 0 Å². The Morgan fingerprint density at radius 1 is 1.50 bits per heavy atom. The van der Waals surface area contributed by atoms with Crippen molar-refractivity contribution in [2.75, 3.05) is 12.9 Å². The summed E-state index contributed by atoms with van der Waals surface area (Å²) in [5, 5.41) is 0. The van der Waals surface area contributed by atoms with Crippen LogP contribution in [0.25, 0.3) is 0 Å². The van der Waals surface area contributed by atoms with Crippen LogP contribution >= 0.6 is 22.9 Å². The van der Waals surface area contributed by atoms with Gasteiger partial charge in [-0.25, -0.2) is 8.42 Å². The van der Waals surface area contributed by atoms with Gasteiger partial charge in [-0.3, -0.25) is 0 Å². The smallest absolute Gasteiger partial charge is 0.206 e. The van der Waals surface area contributed by atoms with E-state index in [1.165, 1.54) is 15.6 Å². The molecule has 0 saturated heterocycles. The van der Waals surface area contributed by atoms with Crippen molar-refractivity contribution in [1.29, 1.82) is 0 Å². The molecule has 0 radical (unpaired) electrons. The third-order valence-electron chi connectivity index (χ3n) is 2.46. The Hall–Kier alpha value is -0.100. The van der Waals surface area contributed by atoms with Gasteiger partial charge >= 0.3 is 0 Å². The van der Waals surface area contributed by atoms with E-state index in [1.54, 1.807) is 20.0 Å². The van der Waals surface area contributed by atoms with Gasteiger partial charge in [0.15, 0.2) is 0 Å². The lowest BCUT2D eigenvalue weighted by Gasteiger charge is -2.21. The van der Waals surface area contributed by atoms with Crippen LogP contribution in [0.5, 0.6) is 0 Å². The van der Waals surface area contributed by atoms with Gasteiger partial charge in [-0.05, 0) is 25.5 Å². The van der Waals surface area contributed by atoms with E-state index in [0.29, 0.717) is 10.1 Å². The predicted octanol–water partition coefficient (Wildman–Crippen LogP) is 2.56. The lowest BCUT2D eigenvalue weighted by Crippen LogP contribution is -2.35. The van der Waals surface area contributed by atoms with Crippen molar-refractivity contribution >= 4 is 33.0 Å². The Morgan fingerprint density at radius 3 is 2.56 bits per heavy atom. The molecule has 1 aromatic rings. The maximum absolute atomic E-state index is 12.1. The Labute approximate surface area is 106 Å². The molecule has 0 aliphatic carbocycles. The monoisotopic (exact) mass is 281 g/mol. The van der Waals surface area contributed by atoms with Crippen LogP contribution in [-0.4, -0.2) is 31.7 Å². The van der Waals surface area contributed by atoms with Crippen LogP contribution in [0.3, 0.4) is 0 Å². The highest BCUT2D eigenvalue weighted by atomic mass is 35.5. The normalized spacial score (nSPS) is 14.3. The van der Waals surface area contributed by atoms with Crippen LogP contribution in [0.1, 0.15) is 18.7 Å². The van der Waals surface area contributed by atoms with E-state index in [-0.39, 0.29) is 6.04 Å². The lowest BCUT2D eigenvalue weighted by molar-refractivity contribution is 0.415. The second-order valence-electron chi connectivity index (χ2n) is 3.60. The summed E-state index contributed by atoms with van der Waals surface area (Å²) in [7, 11) is -1.81. The molecule has 92 valence electrons. The minimum absolute atomic E-state index is 0.196. The van der Waals surface area contributed by atoms with Gasteiger partial charge in [-0.15, -0.1) is 22.9 Å². The number of hydrogen-bond acceptors (Lipinski definition) is 3. The van der Waals surface area contributed by atoms with Crippen LogP contribution < -0.4 is 0 Å². The van der Waals surface area contributed by atoms with Gasteiger partial charge in [0.05, 0.1) is 0 Å². The average molecular weight is 282 g/mol. The largest absolute Gasteiger partial charge is 0.252 e. The maximum atomic E-state index is 12.1. The van der Waals surface area contributed by atoms with Crippen molar-refractivity contribution in [1.82, 2.24) is 4.31 Å². The van der Waals surface area contributed by atoms with E-state index in [9.17, 15) is 8.42 Å². The Bertz CT molecular complexity index is 441. The SMILES string of the molecule is CCc1ccc(S(=O)(=O)N(C)C(C)CCl)s1. The highest BCUT2D eigenvalue weighted by Crippen LogP contribution is 2.25. The summed E-state index contributed by atoms with van der Waals surface area (Å²) in [5.74, 6) is 0.293. The summed E-state index contributed by atoms with van der Waals surface area (Å²) in [5.41, 5.74) is 0. The molecule has 1 heterocycles. The number of aryl methyl sites for hydroxylation is 1. The van der Waals surface area contributed by atoms with Crippen molar-refractivity contribution in [3.63, 3.8) is 0 Å². The molecule has 3 nitrogen and oxygen atoms in total. The molecule has 16 heavy (non-hydrogen) atoms. The first kappa shape index (κ1) is 14.0. The van der Waals surface area contributed by atoms with Gasteiger partial charge in [-0.2, -0.15) is 4.31 Å². The summed E-state index contributed by atoms with van der Waals surface area (Å²) in [6, 6.07) is 3.33. The van der Waals surface area contributed by atoms with E-state index >= 15 is 0 Å². The van der Waals surface area contributed by atoms with Gasteiger partial charge in [0.1, 0.15) is 4.21 Å². The molecule has 0 N–H and O–H groups in total. The fourth-order valence-electron chi connectivity index (χ4n) is 1.16. The molecule has 1 atom stereocenters. The quantitative estimate of drug-likeness (QED) is 0.778. The number of rotatable bonds is 5. The van der Waals surface area contributed by atoms with Crippen LogP contribution in [0.2, 0.25) is 0 Å². The molecular formula is C10H16ClNO2S2. The van der Waals surface area contributed by atoms with E-state index in [1.807, 2.05) is 13.0 Å². The molecule has 0 bridgehead atoms. The molecule has 1 unspecified atom stereocenters. The maximum Gasteiger partial charge on any atom is 0.252 e. The van der Waals surface area contributed by atoms with Crippen molar-refractivity contribution < 1.29 is 8.42 Å². The molecule has 0 aliphatic rings. The minimum Gasteiger partial charge on any atom is -0.206 e. The first-order chi connectivity index (χ1) is 7.43. The van der Waals surface area contributed by atoms with Crippen molar-refractivity contribution in [3.05, 3.63) is 17.0 Å². The summed E-state index contributed by atoms with van der Waals surface area (Å²) >= 11 is 6.99. The van der Waals surface area contributed by atoms with Crippen molar-refractivity contribution in [2.45, 2.75) is 30.5 Å². The zero-order chi connectivity index (χ0) is 12.3. The zero-order valence-corrected chi connectivity index (χ0v) is 12.0. The topological polar surface area (TPSA) is 37.4 Å². The fraction of sp³-hybridized carbons (Fsp3) is 0.600. The Kier molecular flexibility index (Phi) is 4.79. The minimum atomic E-state index is -3.37. The zero-order valence-electron chi connectivity index (χ0n) is 9.60. The molecule has 0 aliphatic heterocycles. The molecule has 1 aromatic heterocycles. The molecule has 0 saturated carbocycles. The number of sulfonamides is 1. The molecule has 0 aromatic carbocycles. The van der Waals surface area contributed by atoms with Crippen LogP contribution in [0.4, 0.5) is 0 Å². The molecule has 0 amide bonds. The Morgan fingerprint density at radius 2 is 2.12 bits per heavy atom. The van der Waals surface area contributed by atoms with Gasteiger partial charge in [-0.1, -0.05) is 6.92 Å². The van der Waals surface area contributed by atoms with Gasteiger partial charge in [0.25, 0.3) is 10.0 Å².